The van der Waals surface area contributed by atoms with E-state index in [1.54, 1.807) is 34.6 Å². The summed E-state index contributed by atoms with van der Waals surface area (Å²) in [6.45, 7) is 5.11. The smallest absolute Gasteiger partial charge is 0.322 e. The minimum Gasteiger partial charge on any atom is -0.322 e. The van der Waals surface area contributed by atoms with Crippen LogP contribution in [0.25, 0.3) is 0 Å². The van der Waals surface area contributed by atoms with E-state index < -0.39 is 23.8 Å². The third-order valence-corrected chi connectivity index (χ3v) is 5.87. The second kappa shape index (κ2) is 11.6. The lowest BCUT2D eigenvalue weighted by Gasteiger charge is -2.37. The number of hydrazine groups is 1. The minimum absolute atomic E-state index is 0.0615. The number of nitrogens with zero attached hydrogens (tertiary/aromatic N) is 3. The molecule has 13 heteroatoms. The van der Waals surface area contributed by atoms with Crippen LogP contribution in [0.3, 0.4) is 0 Å². The lowest BCUT2D eigenvalue weighted by atomic mass is 10.1. The molecule has 0 atom stereocenters. The molecule has 2 N–H and O–H groups in total. The highest BCUT2D eigenvalue weighted by Gasteiger charge is 2.39. The van der Waals surface area contributed by atoms with Crippen molar-refractivity contribution in [1.29, 1.82) is 0 Å². The van der Waals surface area contributed by atoms with Crippen LogP contribution in [0.2, 0.25) is 5.02 Å². The Labute approximate surface area is 209 Å². The van der Waals surface area contributed by atoms with Crippen LogP contribution in [-0.2, 0) is 11.3 Å². The van der Waals surface area contributed by atoms with Gasteiger partial charge in [-0.2, -0.15) is 13.2 Å². The number of amides is 4. The molecule has 0 aromatic heterocycles. The Morgan fingerprint density at radius 1 is 1.03 bits per heavy atom. The fraction of sp³-hybridized carbons (Fsp3) is 0.348. The Morgan fingerprint density at radius 2 is 1.72 bits per heavy atom. The lowest BCUT2D eigenvalue weighted by Crippen LogP contribution is -2.52. The normalized spacial score (nSPS) is 14.3. The van der Waals surface area contributed by atoms with E-state index in [-0.39, 0.29) is 23.7 Å². The molecular weight excluding hydrogens is 506 g/mol. The Balaban J connectivity index is 1.78. The van der Waals surface area contributed by atoms with Crippen molar-refractivity contribution >= 4 is 35.1 Å². The van der Waals surface area contributed by atoms with Gasteiger partial charge in [-0.15, -0.1) is 0 Å². The average molecular weight is 530 g/mol. The lowest BCUT2D eigenvalue weighted by molar-refractivity contribution is -0.174. The van der Waals surface area contributed by atoms with Gasteiger partial charge >= 0.3 is 18.1 Å². The predicted molar refractivity (Wildman–Crippen MR) is 125 cm³/mol. The Kier molecular flexibility index (Phi) is 8.75. The summed E-state index contributed by atoms with van der Waals surface area (Å²) in [5.41, 5.74) is 2.97. The van der Waals surface area contributed by atoms with Crippen LogP contribution in [0.15, 0.2) is 42.5 Å². The summed E-state index contributed by atoms with van der Waals surface area (Å²) in [5.74, 6) is -4.38. The van der Waals surface area contributed by atoms with Gasteiger partial charge in [-0.05, 0) is 36.9 Å². The van der Waals surface area contributed by atoms with E-state index in [1.165, 1.54) is 22.5 Å². The van der Waals surface area contributed by atoms with Crippen molar-refractivity contribution in [1.82, 2.24) is 20.7 Å². The van der Waals surface area contributed by atoms with Gasteiger partial charge in [0.05, 0.1) is 6.54 Å². The number of likely N-dealkylation sites (N-methyl/N-ethyl adjacent to an activating group) is 1. The van der Waals surface area contributed by atoms with Crippen molar-refractivity contribution in [3.8, 4) is 0 Å². The van der Waals surface area contributed by atoms with Gasteiger partial charge in [-0.25, -0.2) is 9.18 Å². The maximum atomic E-state index is 14.9. The molecule has 1 aliphatic heterocycles. The van der Waals surface area contributed by atoms with Gasteiger partial charge in [0.2, 0.25) is 0 Å². The van der Waals surface area contributed by atoms with Crippen molar-refractivity contribution in [2.45, 2.75) is 19.6 Å². The first-order chi connectivity index (χ1) is 17.0. The molecule has 4 amide bonds. The molecule has 36 heavy (non-hydrogen) atoms. The quantitative estimate of drug-likeness (QED) is 0.458. The highest BCUT2D eigenvalue weighted by molar-refractivity contribution is 6.30. The average Bonchev–Trinajstić information content (AvgIpc) is 2.85. The maximum absolute atomic E-state index is 14.9. The van der Waals surface area contributed by atoms with Crippen LogP contribution in [0.4, 0.5) is 28.0 Å². The van der Waals surface area contributed by atoms with E-state index in [9.17, 15) is 31.9 Å². The van der Waals surface area contributed by atoms with Crippen LogP contribution >= 0.6 is 11.6 Å². The summed E-state index contributed by atoms with van der Waals surface area (Å²) in [6, 6.07) is 9.42. The van der Waals surface area contributed by atoms with Crippen LogP contribution in [0.1, 0.15) is 22.8 Å². The number of benzene rings is 2. The van der Waals surface area contributed by atoms with Crippen LogP contribution in [0.5, 0.6) is 0 Å². The summed E-state index contributed by atoms with van der Waals surface area (Å²) in [4.78, 5) is 41.5. The molecule has 0 unspecified atom stereocenters. The van der Waals surface area contributed by atoms with Crippen molar-refractivity contribution in [2.24, 2.45) is 0 Å². The predicted octanol–water partition coefficient (Wildman–Crippen LogP) is 3.57. The number of nitrogens with one attached hydrogen (secondary N) is 2. The Morgan fingerprint density at radius 3 is 2.31 bits per heavy atom. The standard InChI is InChI=1S/C23H24ClF4N5O3/c1-2-31-8-10-32(11-9-31)22(36)33(18-5-3-4-17(24)13-18)14-16-7-6-15(12-19(16)25)20(34)29-30-21(35)23(26,27)28/h3-7,12-13H,2,8-11,14H2,1H3,(H,29,34)(H,30,35). The maximum Gasteiger partial charge on any atom is 0.472 e. The molecule has 0 aliphatic carbocycles. The molecule has 2 aromatic carbocycles. The number of hydrogen-bond donors (Lipinski definition) is 2. The molecule has 1 aliphatic rings. The van der Waals surface area contributed by atoms with E-state index in [0.717, 1.165) is 12.6 Å². The third kappa shape index (κ3) is 6.85. The molecule has 1 fully saturated rings. The zero-order valence-corrected chi connectivity index (χ0v) is 20.0. The van der Waals surface area contributed by atoms with Crippen molar-refractivity contribution in [3.05, 3.63) is 64.4 Å². The number of halogens is 5. The summed E-state index contributed by atoms with van der Waals surface area (Å²) >= 11 is 6.11. The van der Waals surface area contributed by atoms with E-state index in [0.29, 0.717) is 36.9 Å². The van der Waals surface area contributed by atoms with Crippen LogP contribution in [-0.4, -0.2) is 66.5 Å². The van der Waals surface area contributed by atoms with E-state index >= 15 is 0 Å². The first kappa shape index (κ1) is 27.2. The molecule has 0 saturated carbocycles. The zero-order valence-electron chi connectivity index (χ0n) is 19.2. The Bertz CT molecular complexity index is 1120. The Hall–Kier alpha value is -3.38. The van der Waals surface area contributed by atoms with Gasteiger partial charge in [0.1, 0.15) is 5.82 Å². The van der Waals surface area contributed by atoms with Crippen LogP contribution < -0.4 is 15.8 Å². The second-order valence-corrected chi connectivity index (χ2v) is 8.42. The highest BCUT2D eigenvalue weighted by Crippen LogP contribution is 2.25. The summed E-state index contributed by atoms with van der Waals surface area (Å²) in [5, 5.41) is 0.384. The molecule has 194 valence electrons. The fourth-order valence-electron chi connectivity index (χ4n) is 3.58. The molecule has 3 rings (SSSR count). The molecule has 1 heterocycles. The van der Waals surface area contributed by atoms with Gasteiger partial charge in [-0.3, -0.25) is 25.3 Å². The largest absolute Gasteiger partial charge is 0.472 e. The van der Waals surface area contributed by atoms with E-state index in [1.807, 2.05) is 6.92 Å². The molecule has 0 bridgehead atoms. The van der Waals surface area contributed by atoms with E-state index in [2.05, 4.69) is 4.90 Å². The number of anilines is 1. The fourth-order valence-corrected chi connectivity index (χ4v) is 3.77. The van der Waals surface area contributed by atoms with Crippen molar-refractivity contribution in [3.63, 3.8) is 0 Å². The van der Waals surface area contributed by atoms with Gasteiger partial charge in [0, 0.05) is 48.0 Å². The number of carbonyl (C=O) groups excluding carboxylic acids is 3. The van der Waals surface area contributed by atoms with Crippen LogP contribution in [0, 0.1) is 5.82 Å². The number of piperazine rings is 1. The van der Waals surface area contributed by atoms with Gasteiger partial charge in [-0.1, -0.05) is 30.7 Å². The van der Waals surface area contributed by atoms with Gasteiger partial charge < -0.3 is 9.80 Å². The summed E-state index contributed by atoms with van der Waals surface area (Å²) in [7, 11) is 0. The first-order valence-corrected chi connectivity index (χ1v) is 11.4. The number of alkyl halides is 3. The number of carbonyl (C=O) groups is 3. The molecule has 0 spiro atoms. The van der Waals surface area contributed by atoms with E-state index in [4.69, 9.17) is 11.6 Å². The number of hydrogen-bond acceptors (Lipinski definition) is 4. The van der Waals surface area contributed by atoms with Gasteiger partial charge in [0.15, 0.2) is 0 Å². The summed E-state index contributed by atoms with van der Waals surface area (Å²) in [6.07, 6.45) is -5.19. The molecule has 1 saturated heterocycles. The molecule has 8 nitrogen and oxygen atoms in total. The molecule has 0 radical (unpaired) electrons. The first-order valence-electron chi connectivity index (χ1n) is 11.0. The third-order valence-electron chi connectivity index (χ3n) is 5.63. The monoisotopic (exact) mass is 529 g/mol. The molecular formula is C23H24ClF4N5O3. The highest BCUT2D eigenvalue weighted by atomic mass is 35.5. The number of rotatable bonds is 5. The van der Waals surface area contributed by atoms with Gasteiger partial charge in [0.25, 0.3) is 5.91 Å². The number of urea groups is 1. The minimum atomic E-state index is -5.19. The zero-order chi connectivity index (χ0) is 26.5. The second-order valence-electron chi connectivity index (χ2n) is 7.98. The summed E-state index contributed by atoms with van der Waals surface area (Å²) < 4.78 is 51.7. The molecule has 2 aromatic rings. The topological polar surface area (TPSA) is 85.0 Å². The van der Waals surface area contributed by atoms with Crippen molar-refractivity contribution in [2.75, 3.05) is 37.6 Å². The van der Waals surface area contributed by atoms with Crippen molar-refractivity contribution < 1.29 is 31.9 Å². The SMILES string of the molecule is CCN1CCN(C(=O)N(Cc2ccc(C(=O)NNC(=O)C(F)(F)F)cc2F)c2cccc(Cl)c2)CC1.